The Hall–Kier alpha value is -0.250. The van der Waals surface area contributed by atoms with Crippen LogP contribution in [0.4, 0.5) is 5.69 Å². The standard InChI is InChI=1S/C9H11BrN2.ClH/c10-7-2-1-3-8(4-7)12-9-5-11-6-9;/h1-4,9,11-12H,5-6H2;1H. The molecule has 2 rings (SSSR count). The highest BCUT2D eigenvalue weighted by Gasteiger charge is 2.15. The fourth-order valence-corrected chi connectivity index (χ4v) is 1.60. The molecule has 0 aromatic heterocycles. The first-order valence-electron chi connectivity index (χ1n) is 4.07. The first kappa shape index (κ1) is 10.8. The van der Waals surface area contributed by atoms with Crippen molar-refractivity contribution in [1.29, 1.82) is 0 Å². The maximum atomic E-state index is 3.44. The molecule has 72 valence electrons. The van der Waals surface area contributed by atoms with Crippen molar-refractivity contribution in [3.63, 3.8) is 0 Å². The Kier molecular flexibility index (Phi) is 4.03. The molecule has 0 spiro atoms. The molecule has 1 aliphatic rings. The van der Waals surface area contributed by atoms with Crippen LogP contribution in [0.15, 0.2) is 28.7 Å². The number of halogens is 2. The second-order valence-electron chi connectivity index (χ2n) is 3.01. The summed E-state index contributed by atoms with van der Waals surface area (Å²) >= 11 is 3.44. The molecule has 1 aromatic rings. The van der Waals surface area contributed by atoms with Gasteiger partial charge in [0, 0.05) is 23.2 Å². The molecule has 2 N–H and O–H groups in total. The van der Waals surface area contributed by atoms with Gasteiger partial charge in [-0.15, -0.1) is 12.4 Å². The van der Waals surface area contributed by atoms with E-state index in [1.807, 2.05) is 12.1 Å². The van der Waals surface area contributed by atoms with E-state index in [1.54, 1.807) is 0 Å². The quantitative estimate of drug-likeness (QED) is 0.855. The maximum Gasteiger partial charge on any atom is 0.0510 e. The second-order valence-corrected chi connectivity index (χ2v) is 3.93. The summed E-state index contributed by atoms with van der Waals surface area (Å²) in [6.07, 6.45) is 0. The Morgan fingerprint density at radius 1 is 1.38 bits per heavy atom. The monoisotopic (exact) mass is 262 g/mol. The lowest BCUT2D eigenvalue weighted by Gasteiger charge is -2.28. The molecule has 0 saturated carbocycles. The van der Waals surface area contributed by atoms with E-state index in [9.17, 15) is 0 Å². The number of hydrogen-bond donors (Lipinski definition) is 2. The van der Waals surface area contributed by atoms with E-state index in [-0.39, 0.29) is 12.4 Å². The topological polar surface area (TPSA) is 24.1 Å². The van der Waals surface area contributed by atoms with Gasteiger partial charge < -0.3 is 10.6 Å². The van der Waals surface area contributed by atoms with E-state index >= 15 is 0 Å². The summed E-state index contributed by atoms with van der Waals surface area (Å²) in [5, 5.41) is 6.65. The molecular weight excluding hydrogens is 251 g/mol. The minimum Gasteiger partial charge on any atom is -0.380 e. The summed E-state index contributed by atoms with van der Waals surface area (Å²) in [7, 11) is 0. The minimum atomic E-state index is 0. The molecule has 0 aliphatic carbocycles. The van der Waals surface area contributed by atoms with E-state index in [0.717, 1.165) is 17.6 Å². The molecule has 1 aliphatic heterocycles. The summed E-state index contributed by atoms with van der Waals surface area (Å²) < 4.78 is 1.12. The molecule has 0 bridgehead atoms. The van der Waals surface area contributed by atoms with Crippen molar-refractivity contribution in [3.05, 3.63) is 28.7 Å². The van der Waals surface area contributed by atoms with Gasteiger partial charge in [-0.1, -0.05) is 22.0 Å². The van der Waals surface area contributed by atoms with Gasteiger partial charge in [0.25, 0.3) is 0 Å². The normalized spacial score (nSPS) is 15.8. The van der Waals surface area contributed by atoms with Gasteiger partial charge in [-0.3, -0.25) is 0 Å². The summed E-state index contributed by atoms with van der Waals surface area (Å²) in [4.78, 5) is 0. The minimum absolute atomic E-state index is 0. The van der Waals surface area contributed by atoms with Crippen LogP contribution < -0.4 is 10.6 Å². The van der Waals surface area contributed by atoms with Gasteiger partial charge in [0.05, 0.1) is 6.04 Å². The average Bonchev–Trinajstić information content (AvgIpc) is 1.97. The maximum absolute atomic E-state index is 3.44. The van der Waals surface area contributed by atoms with Gasteiger partial charge >= 0.3 is 0 Å². The molecule has 0 atom stereocenters. The summed E-state index contributed by atoms with van der Waals surface area (Å²) in [5.74, 6) is 0. The Morgan fingerprint density at radius 3 is 2.69 bits per heavy atom. The largest absolute Gasteiger partial charge is 0.380 e. The van der Waals surface area contributed by atoms with Gasteiger partial charge in [-0.05, 0) is 18.2 Å². The predicted molar refractivity (Wildman–Crippen MR) is 61.7 cm³/mol. The van der Waals surface area contributed by atoms with Crippen molar-refractivity contribution >= 4 is 34.0 Å². The van der Waals surface area contributed by atoms with Gasteiger partial charge in [-0.2, -0.15) is 0 Å². The highest BCUT2D eigenvalue weighted by molar-refractivity contribution is 9.10. The van der Waals surface area contributed by atoms with E-state index in [0.29, 0.717) is 6.04 Å². The molecule has 0 radical (unpaired) electrons. The van der Waals surface area contributed by atoms with Gasteiger partial charge in [0.1, 0.15) is 0 Å². The van der Waals surface area contributed by atoms with Gasteiger partial charge in [-0.25, -0.2) is 0 Å². The Morgan fingerprint density at radius 2 is 2.15 bits per heavy atom. The van der Waals surface area contributed by atoms with Crippen LogP contribution in [0.1, 0.15) is 0 Å². The number of benzene rings is 1. The number of nitrogens with one attached hydrogen (secondary N) is 2. The van der Waals surface area contributed by atoms with Crippen molar-refractivity contribution in [2.45, 2.75) is 6.04 Å². The SMILES string of the molecule is Brc1cccc(NC2CNC2)c1.Cl. The highest BCUT2D eigenvalue weighted by Crippen LogP contribution is 2.16. The van der Waals surface area contributed by atoms with Crippen molar-refractivity contribution in [2.24, 2.45) is 0 Å². The summed E-state index contributed by atoms with van der Waals surface area (Å²) in [5.41, 5.74) is 1.19. The number of hydrogen-bond acceptors (Lipinski definition) is 2. The Balaban J connectivity index is 0.000000845. The molecule has 1 fully saturated rings. The molecular formula is C9H12BrClN2. The highest BCUT2D eigenvalue weighted by atomic mass is 79.9. The lowest BCUT2D eigenvalue weighted by Crippen LogP contribution is -2.51. The molecule has 0 amide bonds. The van der Waals surface area contributed by atoms with Crippen molar-refractivity contribution < 1.29 is 0 Å². The van der Waals surface area contributed by atoms with Gasteiger partial charge in [0.15, 0.2) is 0 Å². The Labute approximate surface area is 92.6 Å². The van der Waals surface area contributed by atoms with E-state index in [4.69, 9.17) is 0 Å². The molecule has 2 nitrogen and oxygen atoms in total. The smallest absolute Gasteiger partial charge is 0.0510 e. The van der Waals surface area contributed by atoms with Crippen molar-refractivity contribution in [3.8, 4) is 0 Å². The Bertz CT molecular complexity index is 276. The van der Waals surface area contributed by atoms with Crippen LogP contribution >= 0.6 is 28.3 Å². The zero-order valence-electron chi connectivity index (χ0n) is 7.09. The molecule has 13 heavy (non-hydrogen) atoms. The van der Waals surface area contributed by atoms with E-state index in [2.05, 4.69) is 38.7 Å². The zero-order chi connectivity index (χ0) is 8.39. The molecule has 1 heterocycles. The lowest BCUT2D eigenvalue weighted by molar-refractivity contribution is 0.472. The average molecular weight is 264 g/mol. The van der Waals surface area contributed by atoms with Crippen LogP contribution in [-0.2, 0) is 0 Å². The second kappa shape index (κ2) is 4.84. The molecule has 1 aromatic carbocycles. The zero-order valence-corrected chi connectivity index (χ0v) is 9.49. The lowest BCUT2D eigenvalue weighted by atomic mass is 10.1. The third-order valence-corrected chi connectivity index (χ3v) is 2.47. The molecule has 4 heteroatoms. The summed E-state index contributed by atoms with van der Waals surface area (Å²) in [6, 6.07) is 8.86. The first-order chi connectivity index (χ1) is 5.84. The van der Waals surface area contributed by atoms with Crippen LogP contribution in [-0.4, -0.2) is 19.1 Å². The first-order valence-corrected chi connectivity index (χ1v) is 4.87. The predicted octanol–water partition coefficient (Wildman–Crippen LogP) is 2.25. The number of anilines is 1. The third-order valence-electron chi connectivity index (χ3n) is 1.98. The van der Waals surface area contributed by atoms with E-state index in [1.165, 1.54) is 5.69 Å². The van der Waals surface area contributed by atoms with Crippen LogP contribution in [0, 0.1) is 0 Å². The number of rotatable bonds is 2. The van der Waals surface area contributed by atoms with Crippen LogP contribution in [0.5, 0.6) is 0 Å². The molecule has 0 unspecified atom stereocenters. The molecule has 1 saturated heterocycles. The van der Waals surface area contributed by atoms with Crippen LogP contribution in [0.25, 0.3) is 0 Å². The van der Waals surface area contributed by atoms with E-state index < -0.39 is 0 Å². The fourth-order valence-electron chi connectivity index (χ4n) is 1.20. The van der Waals surface area contributed by atoms with Crippen LogP contribution in [0.3, 0.4) is 0 Å². The van der Waals surface area contributed by atoms with Crippen molar-refractivity contribution in [1.82, 2.24) is 5.32 Å². The third kappa shape index (κ3) is 2.86. The fraction of sp³-hybridized carbons (Fsp3) is 0.333. The summed E-state index contributed by atoms with van der Waals surface area (Å²) in [6.45, 7) is 2.15. The van der Waals surface area contributed by atoms with Crippen molar-refractivity contribution in [2.75, 3.05) is 18.4 Å². The van der Waals surface area contributed by atoms with Gasteiger partial charge in [0.2, 0.25) is 0 Å². The van der Waals surface area contributed by atoms with Crippen LogP contribution in [0.2, 0.25) is 0 Å².